The molecule has 0 saturated carbocycles. The van der Waals surface area contributed by atoms with Gasteiger partial charge in [-0.3, -0.25) is 4.79 Å². The van der Waals surface area contributed by atoms with Crippen molar-refractivity contribution in [3.8, 4) is 5.75 Å². The lowest BCUT2D eigenvalue weighted by atomic mass is 9.80. The Balaban J connectivity index is 1.55. The second-order valence-corrected chi connectivity index (χ2v) is 9.06. The fourth-order valence-electron chi connectivity index (χ4n) is 4.54. The number of anilines is 2. The fourth-order valence-corrected chi connectivity index (χ4v) is 4.54. The minimum absolute atomic E-state index is 0.259. The lowest BCUT2D eigenvalue weighted by Gasteiger charge is -2.20. The average molecular weight is 456 g/mol. The van der Waals surface area contributed by atoms with E-state index < -0.39 is 6.61 Å². The van der Waals surface area contributed by atoms with E-state index in [2.05, 4.69) is 59.7 Å². The highest BCUT2D eigenvalue weighted by Gasteiger charge is 2.43. The Morgan fingerprint density at radius 2 is 1.62 bits per heavy atom. The third-order valence-corrected chi connectivity index (χ3v) is 6.67. The summed E-state index contributed by atoms with van der Waals surface area (Å²) in [4.78, 5) is 14.1. The summed E-state index contributed by atoms with van der Waals surface area (Å²) in [6.45, 7) is 3.85. The molecule has 0 saturated heterocycles. The van der Waals surface area contributed by atoms with Crippen LogP contribution < -0.4 is 9.64 Å². The topological polar surface area (TPSA) is 52.8 Å². The Morgan fingerprint density at radius 3 is 2.21 bits per heavy atom. The number of ether oxygens (including phenoxy) is 1. The summed E-state index contributed by atoms with van der Waals surface area (Å²) in [5.74, 6) is 0.582. The van der Waals surface area contributed by atoms with Gasteiger partial charge in [0.15, 0.2) is 11.5 Å². The Morgan fingerprint density at radius 1 is 1.00 bits per heavy atom. The predicted octanol–water partition coefficient (Wildman–Crippen LogP) is 5.36. The van der Waals surface area contributed by atoms with E-state index in [0.717, 1.165) is 39.7 Å². The van der Waals surface area contributed by atoms with E-state index in [1.165, 1.54) is 0 Å². The van der Waals surface area contributed by atoms with Gasteiger partial charge in [0.1, 0.15) is 19.4 Å². The first-order valence-electron chi connectivity index (χ1n) is 11.3. The van der Waals surface area contributed by atoms with Crippen LogP contribution in [0.25, 0.3) is 6.08 Å². The van der Waals surface area contributed by atoms with Gasteiger partial charge in [-0.15, -0.1) is 0 Å². The van der Waals surface area contributed by atoms with E-state index in [-0.39, 0.29) is 11.2 Å². The number of methoxy groups -OCH3 is 1. The van der Waals surface area contributed by atoms with E-state index in [4.69, 9.17) is 4.74 Å². The van der Waals surface area contributed by atoms with E-state index in [0.29, 0.717) is 5.56 Å². The highest BCUT2D eigenvalue weighted by molar-refractivity contribution is 6.06. The number of benzene rings is 3. The molecule has 3 aromatic carbocycles. The van der Waals surface area contributed by atoms with Crippen LogP contribution in [0.2, 0.25) is 0 Å². The fraction of sp³-hybridized carbons (Fsp3) is 0.241. The van der Waals surface area contributed by atoms with Crippen LogP contribution in [-0.2, 0) is 5.41 Å². The first-order valence-corrected chi connectivity index (χ1v) is 11.3. The summed E-state index contributed by atoms with van der Waals surface area (Å²) < 4.78 is 7.42. The zero-order valence-electron chi connectivity index (χ0n) is 20.4. The molecule has 1 heterocycles. The Hall–Kier alpha value is -3.70. The molecule has 1 aliphatic rings. The lowest BCUT2D eigenvalue weighted by molar-refractivity contribution is -0.401. The molecular formula is C29H31N2O3+. The van der Waals surface area contributed by atoms with E-state index >= 15 is 0 Å². The molecule has 0 radical (unpaired) electrons. The van der Waals surface area contributed by atoms with Crippen molar-refractivity contribution >= 4 is 34.6 Å². The van der Waals surface area contributed by atoms with Crippen LogP contribution in [0.15, 0.2) is 72.8 Å². The molecule has 0 atom stereocenters. The van der Waals surface area contributed by atoms with Crippen molar-refractivity contribution in [3.63, 3.8) is 0 Å². The smallest absolute Gasteiger partial charge is 0.209 e. The molecule has 5 nitrogen and oxygen atoms in total. The van der Waals surface area contributed by atoms with Crippen molar-refractivity contribution in [2.24, 2.45) is 0 Å². The van der Waals surface area contributed by atoms with Gasteiger partial charge >= 0.3 is 0 Å². The number of aliphatic hydroxyl groups excluding tert-OH is 1. The van der Waals surface area contributed by atoms with Crippen LogP contribution in [0.3, 0.4) is 0 Å². The molecule has 174 valence electrons. The van der Waals surface area contributed by atoms with Crippen LogP contribution in [0.1, 0.15) is 35.3 Å². The summed E-state index contributed by atoms with van der Waals surface area (Å²) in [5.41, 5.74) is 6.89. The second kappa shape index (κ2) is 9.27. The van der Waals surface area contributed by atoms with Crippen molar-refractivity contribution in [1.29, 1.82) is 0 Å². The van der Waals surface area contributed by atoms with Gasteiger partial charge in [0, 0.05) is 41.7 Å². The minimum atomic E-state index is -0.477. The highest BCUT2D eigenvalue weighted by atomic mass is 16.5. The van der Waals surface area contributed by atoms with Gasteiger partial charge in [-0.1, -0.05) is 12.1 Å². The molecule has 0 amide bonds. The molecule has 4 rings (SSSR count). The first kappa shape index (κ1) is 23.5. The maximum Gasteiger partial charge on any atom is 0.209 e. The van der Waals surface area contributed by atoms with Gasteiger partial charge in [0.05, 0.1) is 12.5 Å². The Labute approximate surface area is 201 Å². The average Bonchev–Trinajstić information content (AvgIpc) is 3.06. The monoisotopic (exact) mass is 455 g/mol. The number of allylic oxidation sites excluding steroid dienone is 1. The van der Waals surface area contributed by atoms with Crippen LogP contribution in [-0.4, -0.2) is 49.0 Å². The zero-order valence-corrected chi connectivity index (χ0v) is 20.4. The third-order valence-electron chi connectivity index (χ3n) is 6.67. The molecule has 5 heteroatoms. The number of nitrogens with zero attached hydrogens (tertiary/aromatic N) is 2. The van der Waals surface area contributed by atoms with Gasteiger partial charge in [-0.2, -0.15) is 4.58 Å². The number of hydrogen-bond acceptors (Lipinski definition) is 4. The number of carbonyl (C=O) groups is 1. The summed E-state index contributed by atoms with van der Waals surface area (Å²) >= 11 is 0. The number of fused-ring (bicyclic) bond motifs is 1. The number of ketones is 1. The van der Waals surface area contributed by atoms with Crippen molar-refractivity contribution in [2.45, 2.75) is 19.3 Å². The van der Waals surface area contributed by atoms with Crippen LogP contribution in [0.4, 0.5) is 17.1 Å². The summed E-state index contributed by atoms with van der Waals surface area (Å²) in [5, 5.41) is 9.24. The second-order valence-electron chi connectivity index (χ2n) is 9.06. The quantitative estimate of drug-likeness (QED) is 0.385. The third kappa shape index (κ3) is 4.27. The predicted molar refractivity (Wildman–Crippen MR) is 138 cm³/mol. The Bertz CT molecular complexity index is 1270. The first-order chi connectivity index (χ1) is 16.3. The molecule has 0 aliphatic carbocycles. The van der Waals surface area contributed by atoms with Crippen molar-refractivity contribution in [2.75, 3.05) is 32.7 Å². The van der Waals surface area contributed by atoms with Crippen LogP contribution in [0.5, 0.6) is 5.75 Å². The largest absolute Gasteiger partial charge is 0.497 e. The molecule has 0 aromatic heterocycles. The summed E-state index contributed by atoms with van der Waals surface area (Å²) in [6.07, 6.45) is 4.27. The van der Waals surface area contributed by atoms with E-state index in [1.54, 1.807) is 13.2 Å². The molecule has 0 bridgehead atoms. The number of rotatable bonds is 7. The van der Waals surface area contributed by atoms with Crippen LogP contribution in [0, 0.1) is 0 Å². The van der Waals surface area contributed by atoms with E-state index in [1.807, 2.05) is 50.5 Å². The van der Waals surface area contributed by atoms with Crippen LogP contribution >= 0.6 is 0 Å². The SMILES string of the molecule is COc1ccc(N(C)c2ccc(/C=C/C3=[N+](C)c4ccc(C(=O)CO)cc4C3(C)C)cc2)cc1. The maximum atomic E-state index is 12.0. The minimum Gasteiger partial charge on any atom is -0.497 e. The molecule has 0 unspecified atom stereocenters. The molecule has 0 spiro atoms. The number of hydrogen-bond donors (Lipinski definition) is 1. The molecule has 3 aromatic rings. The number of carbonyl (C=O) groups excluding carboxylic acids is 1. The van der Waals surface area contributed by atoms with Crippen molar-refractivity contribution in [3.05, 3.63) is 89.5 Å². The molecular weight excluding hydrogens is 424 g/mol. The highest BCUT2D eigenvalue weighted by Crippen LogP contribution is 2.40. The Kier molecular flexibility index (Phi) is 6.40. The van der Waals surface area contributed by atoms with Gasteiger partial charge < -0.3 is 14.7 Å². The van der Waals surface area contributed by atoms with Gasteiger partial charge in [-0.05, 0) is 74.0 Å². The van der Waals surface area contributed by atoms with Gasteiger partial charge in [0.25, 0.3) is 0 Å². The van der Waals surface area contributed by atoms with Gasteiger partial charge in [0.2, 0.25) is 5.69 Å². The number of aliphatic hydroxyl groups is 1. The standard InChI is InChI=1S/C29H31N2O3/c1-29(2)25-18-21(27(33)19-32)9-16-26(25)31(4)28(29)17-8-20-6-10-22(11-7-20)30(3)23-12-14-24(34-5)15-13-23/h6-18,32H,19H2,1-5H3/q+1. The molecule has 1 N–H and O–H groups in total. The van der Waals surface area contributed by atoms with Crippen molar-refractivity contribution in [1.82, 2.24) is 0 Å². The summed E-state index contributed by atoms with van der Waals surface area (Å²) in [7, 11) is 5.76. The molecule has 0 fully saturated rings. The maximum absolute atomic E-state index is 12.0. The van der Waals surface area contributed by atoms with Gasteiger partial charge in [-0.25, -0.2) is 0 Å². The van der Waals surface area contributed by atoms with Crippen molar-refractivity contribution < 1.29 is 19.2 Å². The summed E-state index contributed by atoms with van der Waals surface area (Å²) in [6, 6.07) is 22.1. The normalized spacial score (nSPS) is 14.4. The molecule has 1 aliphatic heterocycles. The number of Topliss-reactive ketones (excluding diaryl/α,β-unsaturated/α-hetero) is 1. The lowest BCUT2D eigenvalue weighted by Crippen LogP contribution is -2.26. The molecule has 34 heavy (non-hydrogen) atoms. The zero-order chi connectivity index (χ0) is 24.5. The van der Waals surface area contributed by atoms with E-state index in [9.17, 15) is 9.90 Å².